The molecule has 0 aromatic carbocycles. The number of carbonyl (C=O) groups excluding carboxylic acids is 1. The van der Waals surface area contributed by atoms with Crippen molar-refractivity contribution in [3.63, 3.8) is 0 Å². The Labute approximate surface area is 143 Å². The highest BCUT2D eigenvalue weighted by Gasteiger charge is 2.30. The lowest BCUT2D eigenvalue weighted by atomic mass is 10.1. The van der Waals surface area contributed by atoms with Crippen molar-refractivity contribution >= 4 is 11.6 Å². The smallest absolute Gasteiger partial charge is 0.224 e. The molecular weight excluding hydrogens is 300 g/mol. The highest BCUT2D eigenvalue weighted by atomic mass is 16.2. The topological polar surface area (TPSA) is 49.6 Å². The van der Waals surface area contributed by atoms with Crippen LogP contribution in [0.25, 0.3) is 5.65 Å². The van der Waals surface area contributed by atoms with Crippen LogP contribution in [-0.4, -0.2) is 39.3 Å². The van der Waals surface area contributed by atoms with Gasteiger partial charge in [-0.15, -0.1) is 0 Å². The van der Waals surface area contributed by atoms with Gasteiger partial charge in [-0.05, 0) is 44.9 Å². The van der Waals surface area contributed by atoms with E-state index in [2.05, 4.69) is 32.7 Å². The number of amides is 1. The minimum atomic E-state index is 0.144. The molecule has 4 rings (SSSR count). The second-order valence-electron chi connectivity index (χ2n) is 7.28. The van der Waals surface area contributed by atoms with Crippen LogP contribution >= 0.6 is 0 Å². The van der Waals surface area contributed by atoms with Crippen molar-refractivity contribution in [1.82, 2.24) is 19.6 Å². The number of likely N-dealkylation sites (tertiary alicyclic amines) is 1. The number of imidazole rings is 1. The minimum absolute atomic E-state index is 0.144. The maximum absolute atomic E-state index is 12.5. The molecule has 0 unspecified atom stereocenters. The summed E-state index contributed by atoms with van der Waals surface area (Å²) in [6.07, 6.45) is 7.87. The van der Waals surface area contributed by atoms with Gasteiger partial charge in [0, 0.05) is 25.3 Å². The van der Waals surface area contributed by atoms with Crippen molar-refractivity contribution in [2.75, 3.05) is 13.1 Å². The van der Waals surface area contributed by atoms with E-state index in [1.807, 2.05) is 18.2 Å². The van der Waals surface area contributed by atoms with E-state index < -0.39 is 0 Å². The Balaban J connectivity index is 1.39. The maximum Gasteiger partial charge on any atom is 0.224 e. The van der Waals surface area contributed by atoms with Gasteiger partial charge in [0.15, 0.2) is 0 Å². The summed E-state index contributed by atoms with van der Waals surface area (Å²) in [6.45, 7) is 4.78. The number of hydrogen-bond acceptors (Lipinski definition) is 3. The van der Waals surface area contributed by atoms with Crippen LogP contribution in [0.2, 0.25) is 0 Å². The molecule has 24 heavy (non-hydrogen) atoms. The van der Waals surface area contributed by atoms with E-state index in [1.54, 1.807) is 0 Å². The van der Waals surface area contributed by atoms with Gasteiger partial charge in [-0.25, -0.2) is 4.98 Å². The first-order chi connectivity index (χ1) is 11.7. The van der Waals surface area contributed by atoms with E-state index in [4.69, 9.17) is 0 Å². The van der Waals surface area contributed by atoms with E-state index in [-0.39, 0.29) is 11.8 Å². The van der Waals surface area contributed by atoms with Crippen molar-refractivity contribution in [1.29, 1.82) is 0 Å². The Kier molecular flexibility index (Phi) is 4.27. The van der Waals surface area contributed by atoms with E-state index in [0.717, 1.165) is 50.2 Å². The SMILES string of the molecule is Cc1nc2ccccn2c1CN1CC[C@@H](C(=O)NC2CCCC2)C1. The molecular formula is C19H26N4O. The Morgan fingerprint density at radius 3 is 2.96 bits per heavy atom. The zero-order valence-corrected chi connectivity index (χ0v) is 14.4. The number of aromatic nitrogens is 2. The normalized spacial score (nSPS) is 22.5. The second-order valence-corrected chi connectivity index (χ2v) is 7.28. The van der Waals surface area contributed by atoms with Gasteiger partial charge in [-0.3, -0.25) is 9.69 Å². The van der Waals surface area contributed by atoms with Crippen LogP contribution in [0.3, 0.4) is 0 Å². The summed E-state index contributed by atoms with van der Waals surface area (Å²) < 4.78 is 2.17. The van der Waals surface area contributed by atoms with Gasteiger partial charge in [-0.2, -0.15) is 0 Å². The van der Waals surface area contributed by atoms with E-state index >= 15 is 0 Å². The van der Waals surface area contributed by atoms with Gasteiger partial charge < -0.3 is 9.72 Å². The van der Waals surface area contributed by atoms with Crippen LogP contribution in [0.15, 0.2) is 24.4 Å². The molecule has 5 heteroatoms. The molecule has 1 amide bonds. The average molecular weight is 326 g/mol. The fraction of sp³-hybridized carbons (Fsp3) is 0.579. The Bertz CT molecular complexity index is 732. The fourth-order valence-electron chi connectivity index (χ4n) is 4.15. The molecule has 1 aliphatic carbocycles. The summed E-state index contributed by atoms with van der Waals surface area (Å²) in [5.41, 5.74) is 3.32. The summed E-state index contributed by atoms with van der Waals surface area (Å²) in [4.78, 5) is 19.5. The van der Waals surface area contributed by atoms with Gasteiger partial charge in [0.1, 0.15) is 5.65 Å². The minimum Gasteiger partial charge on any atom is -0.353 e. The third kappa shape index (κ3) is 3.05. The lowest BCUT2D eigenvalue weighted by Gasteiger charge is -2.18. The maximum atomic E-state index is 12.5. The zero-order chi connectivity index (χ0) is 16.5. The molecule has 1 N–H and O–H groups in total. The van der Waals surface area contributed by atoms with Crippen molar-refractivity contribution in [2.45, 2.75) is 51.6 Å². The predicted octanol–water partition coefficient (Wildman–Crippen LogP) is 2.52. The lowest BCUT2D eigenvalue weighted by Crippen LogP contribution is -2.38. The molecule has 2 aromatic rings. The van der Waals surface area contributed by atoms with Crippen molar-refractivity contribution < 1.29 is 4.79 Å². The van der Waals surface area contributed by atoms with Crippen LogP contribution < -0.4 is 5.32 Å². The summed E-state index contributed by atoms with van der Waals surface area (Å²) in [5, 5.41) is 3.26. The number of carbonyl (C=O) groups is 1. The molecule has 0 radical (unpaired) electrons. The molecule has 0 bridgehead atoms. The standard InChI is InChI=1S/C19H26N4O/c1-14-17(23-10-5-4-8-18(23)20-14)13-22-11-9-15(12-22)19(24)21-16-6-2-3-7-16/h4-5,8,10,15-16H,2-3,6-7,9,11-13H2,1H3,(H,21,24)/t15-/m1/s1. The van der Waals surface area contributed by atoms with Crippen molar-refractivity contribution in [3.05, 3.63) is 35.8 Å². The summed E-state index contributed by atoms with van der Waals surface area (Å²) in [7, 11) is 0. The quantitative estimate of drug-likeness (QED) is 0.939. The van der Waals surface area contributed by atoms with Crippen LogP contribution in [0.1, 0.15) is 43.5 Å². The number of nitrogens with zero attached hydrogens (tertiary/aromatic N) is 3. The number of fused-ring (bicyclic) bond motifs is 1. The number of hydrogen-bond donors (Lipinski definition) is 1. The molecule has 2 aliphatic rings. The molecule has 128 valence electrons. The zero-order valence-electron chi connectivity index (χ0n) is 14.4. The highest BCUT2D eigenvalue weighted by molar-refractivity contribution is 5.79. The van der Waals surface area contributed by atoms with Crippen LogP contribution in [0.4, 0.5) is 0 Å². The number of pyridine rings is 1. The first kappa shape index (κ1) is 15.6. The molecule has 1 atom stereocenters. The molecule has 3 heterocycles. The molecule has 2 aromatic heterocycles. The van der Waals surface area contributed by atoms with Crippen LogP contribution in [-0.2, 0) is 11.3 Å². The van der Waals surface area contributed by atoms with E-state index in [0.29, 0.717) is 6.04 Å². The second kappa shape index (κ2) is 6.55. The average Bonchev–Trinajstić information content (AvgIpc) is 3.29. The molecule has 1 aliphatic heterocycles. The summed E-state index contributed by atoms with van der Waals surface area (Å²) >= 11 is 0. The molecule has 0 spiro atoms. The number of nitrogens with one attached hydrogen (secondary N) is 1. The first-order valence-electron chi connectivity index (χ1n) is 9.16. The predicted molar refractivity (Wildman–Crippen MR) is 93.7 cm³/mol. The van der Waals surface area contributed by atoms with Gasteiger partial charge in [0.05, 0.1) is 17.3 Å². The van der Waals surface area contributed by atoms with Gasteiger partial charge in [0.2, 0.25) is 5.91 Å². The van der Waals surface area contributed by atoms with Crippen LogP contribution in [0, 0.1) is 12.8 Å². The fourth-order valence-corrected chi connectivity index (χ4v) is 4.15. The van der Waals surface area contributed by atoms with E-state index in [1.165, 1.54) is 18.5 Å². The monoisotopic (exact) mass is 326 g/mol. The number of aryl methyl sites for hydroxylation is 1. The molecule has 2 fully saturated rings. The first-order valence-corrected chi connectivity index (χ1v) is 9.16. The summed E-state index contributed by atoms with van der Waals surface area (Å²) in [5.74, 6) is 0.407. The van der Waals surface area contributed by atoms with Crippen molar-refractivity contribution in [2.24, 2.45) is 5.92 Å². The summed E-state index contributed by atoms with van der Waals surface area (Å²) in [6, 6.07) is 6.52. The third-order valence-corrected chi connectivity index (χ3v) is 5.55. The van der Waals surface area contributed by atoms with E-state index in [9.17, 15) is 4.79 Å². The lowest BCUT2D eigenvalue weighted by molar-refractivity contribution is -0.125. The van der Waals surface area contributed by atoms with Gasteiger partial charge in [0.25, 0.3) is 0 Å². The molecule has 1 saturated carbocycles. The molecule has 5 nitrogen and oxygen atoms in total. The Hall–Kier alpha value is -1.88. The number of rotatable bonds is 4. The molecule has 1 saturated heterocycles. The Morgan fingerprint density at radius 1 is 1.29 bits per heavy atom. The van der Waals surface area contributed by atoms with Crippen LogP contribution in [0.5, 0.6) is 0 Å². The largest absolute Gasteiger partial charge is 0.353 e. The van der Waals surface area contributed by atoms with Gasteiger partial charge in [-0.1, -0.05) is 18.9 Å². The Morgan fingerprint density at radius 2 is 2.12 bits per heavy atom. The van der Waals surface area contributed by atoms with Crippen molar-refractivity contribution in [3.8, 4) is 0 Å². The van der Waals surface area contributed by atoms with Gasteiger partial charge >= 0.3 is 0 Å². The third-order valence-electron chi connectivity index (χ3n) is 5.55. The highest BCUT2D eigenvalue weighted by Crippen LogP contribution is 2.23.